The molecule has 0 saturated carbocycles. The van der Waals surface area contributed by atoms with Crippen molar-refractivity contribution < 1.29 is 0 Å². The van der Waals surface area contributed by atoms with Gasteiger partial charge >= 0.3 is 0 Å². The Morgan fingerprint density at radius 3 is 0.903 bits per heavy atom. The SMILES string of the molecule is c1ccc([Si]23c4ccccc4-n4c5ccccc5c5cc6c7ccccc7n(c6c2c54)-c2cc4c(cc23)[Si]2(c3ccccc3)c3ccccc3-n3c5ccccc5c5cc6c7ccccc7n-4c6c2c53)cc1. The Kier molecular flexibility index (Phi) is 6.32. The van der Waals surface area contributed by atoms with Gasteiger partial charge in [0, 0.05) is 76.2 Å². The summed E-state index contributed by atoms with van der Waals surface area (Å²) in [6.07, 6.45) is 0. The van der Waals surface area contributed by atoms with Gasteiger partial charge in [-0.3, -0.25) is 0 Å². The summed E-state index contributed by atoms with van der Waals surface area (Å²) in [5.41, 5.74) is 15.7. The van der Waals surface area contributed by atoms with Gasteiger partial charge in [-0.25, -0.2) is 0 Å². The van der Waals surface area contributed by atoms with Crippen molar-refractivity contribution in [1.82, 2.24) is 18.3 Å². The van der Waals surface area contributed by atoms with Crippen LogP contribution < -0.4 is 41.5 Å². The lowest BCUT2D eigenvalue weighted by molar-refractivity contribution is 1.13. The lowest BCUT2D eigenvalue weighted by Gasteiger charge is -2.47. The molecule has 2 atom stereocenters. The minimum absolute atomic E-state index is 1.26. The number of hydrogen-bond acceptors (Lipinski definition) is 0. The van der Waals surface area contributed by atoms with E-state index in [0.717, 1.165) is 0 Å². The normalized spacial score (nSPS) is 17.6. The quantitative estimate of drug-likeness (QED) is 0.154. The first kappa shape index (κ1) is 37.0. The molecule has 4 nitrogen and oxygen atoms in total. The summed E-state index contributed by atoms with van der Waals surface area (Å²) in [6, 6.07) is 90.0. The smallest absolute Gasteiger partial charge is 0.188 e. The molecule has 0 bridgehead atoms. The minimum atomic E-state index is -3.26. The van der Waals surface area contributed by atoms with Gasteiger partial charge in [-0.05, 0) is 85.7 Å². The molecular weight excluding hydrogens is 905 g/mol. The summed E-state index contributed by atoms with van der Waals surface area (Å²) >= 11 is 0. The highest BCUT2D eigenvalue weighted by Gasteiger charge is 2.57. The molecule has 0 radical (unpaired) electrons. The number of rotatable bonds is 2. The monoisotopic (exact) mass is 942 g/mol. The van der Waals surface area contributed by atoms with Gasteiger partial charge in [-0.2, -0.15) is 0 Å². The van der Waals surface area contributed by atoms with E-state index in [2.05, 4.69) is 249 Å². The van der Waals surface area contributed by atoms with Gasteiger partial charge in [0.15, 0.2) is 16.1 Å². The highest BCUT2D eigenvalue weighted by Crippen LogP contribution is 2.47. The average Bonchev–Trinajstić information content (AvgIpc) is 4.18. The number of fused-ring (bicyclic) bond motifs is 24. The van der Waals surface area contributed by atoms with Crippen molar-refractivity contribution in [3.05, 3.63) is 231 Å². The Bertz CT molecular complexity index is 4740. The largest absolute Gasteiger partial charge is 0.309 e. The van der Waals surface area contributed by atoms with E-state index in [1.54, 1.807) is 0 Å². The zero-order valence-electron chi connectivity index (χ0n) is 38.7. The fourth-order valence-corrected chi connectivity index (χ4v) is 26.6. The maximum Gasteiger partial charge on any atom is 0.188 e. The molecule has 11 aromatic carbocycles. The Morgan fingerprint density at radius 1 is 0.222 bits per heavy atom. The molecule has 0 saturated heterocycles. The third kappa shape index (κ3) is 3.79. The Hall–Kier alpha value is -8.95. The molecule has 2 unspecified atom stereocenters. The number of para-hydroxylation sites is 6. The molecule has 0 fully saturated rings. The molecule has 4 aliphatic heterocycles. The predicted octanol–water partition coefficient (Wildman–Crippen LogP) is 10.1. The fourth-order valence-electron chi connectivity index (χ4n) is 15.5. The van der Waals surface area contributed by atoms with Gasteiger partial charge in [0.1, 0.15) is 0 Å². The molecular formula is C66H38N4Si2. The molecule has 19 rings (SSSR count). The summed E-state index contributed by atoms with van der Waals surface area (Å²) in [5.74, 6) is 0. The lowest BCUT2D eigenvalue weighted by atomic mass is 10.1. The van der Waals surface area contributed by atoms with Crippen LogP contribution in [0.5, 0.6) is 0 Å². The molecule has 0 aliphatic carbocycles. The van der Waals surface area contributed by atoms with E-state index in [1.165, 1.54) is 151 Å². The first-order chi connectivity index (χ1) is 35.8. The van der Waals surface area contributed by atoms with Crippen molar-refractivity contribution in [3.63, 3.8) is 0 Å². The number of hydrogen-bond donors (Lipinski definition) is 0. The van der Waals surface area contributed by atoms with Gasteiger partial charge in [0.25, 0.3) is 0 Å². The Labute approximate surface area is 414 Å². The summed E-state index contributed by atoms with van der Waals surface area (Å²) in [4.78, 5) is 0. The molecule has 4 aliphatic rings. The zero-order valence-corrected chi connectivity index (χ0v) is 40.7. The summed E-state index contributed by atoms with van der Waals surface area (Å²) in [7, 11) is -6.51. The van der Waals surface area contributed by atoms with Crippen LogP contribution in [0.25, 0.3) is 110 Å². The van der Waals surface area contributed by atoms with Gasteiger partial charge in [-0.15, -0.1) is 0 Å². The van der Waals surface area contributed by atoms with Crippen LogP contribution in [0.1, 0.15) is 0 Å². The molecule has 4 aromatic heterocycles. The number of benzene rings is 11. The lowest BCUT2D eigenvalue weighted by Crippen LogP contribution is -2.81. The molecule has 72 heavy (non-hydrogen) atoms. The molecule has 330 valence electrons. The topological polar surface area (TPSA) is 19.7 Å². The minimum Gasteiger partial charge on any atom is -0.309 e. The van der Waals surface area contributed by atoms with Crippen molar-refractivity contribution in [3.8, 4) is 22.7 Å². The summed E-state index contributed by atoms with van der Waals surface area (Å²) < 4.78 is 10.7. The second kappa shape index (κ2) is 12.3. The predicted molar refractivity (Wildman–Crippen MR) is 305 cm³/mol. The van der Waals surface area contributed by atoms with Crippen molar-refractivity contribution in [1.29, 1.82) is 0 Å². The van der Waals surface area contributed by atoms with Crippen LogP contribution in [-0.4, -0.2) is 34.4 Å². The summed E-state index contributed by atoms with van der Waals surface area (Å²) in [6.45, 7) is 0. The van der Waals surface area contributed by atoms with Crippen LogP contribution in [0.4, 0.5) is 0 Å². The van der Waals surface area contributed by atoms with Crippen molar-refractivity contribution in [2.24, 2.45) is 0 Å². The molecule has 15 aromatic rings. The molecule has 0 spiro atoms. The van der Waals surface area contributed by atoms with Gasteiger partial charge in [0.05, 0.1) is 44.1 Å². The standard InChI is InChI=1S/C66H38N4Si2/c1-3-19-39(20-4-1)71-57-33-17-15-31-53(57)67-49-27-11-7-23-41(49)45-35-47-43-25-9-13-29-51(43)69(63(47)65(71)61(45)67)55-37-56-60(38-59(55)71)72(40-21-5-2-6-22-40)58-34-18-16-32-54(58)68-50-28-12-8-24-42(50)46-36-48-44-26-10-14-30-52(44)70(56)64(48)66(72)62(46)68/h1-38H. The van der Waals surface area contributed by atoms with Crippen molar-refractivity contribution in [2.75, 3.05) is 0 Å². The van der Waals surface area contributed by atoms with Crippen molar-refractivity contribution in [2.45, 2.75) is 0 Å². The van der Waals surface area contributed by atoms with Crippen LogP contribution in [-0.2, 0) is 0 Å². The van der Waals surface area contributed by atoms with Crippen LogP contribution in [0.3, 0.4) is 0 Å². The molecule has 0 N–H and O–H groups in total. The maximum atomic E-state index is 2.85. The number of nitrogens with zero attached hydrogens (tertiary/aromatic N) is 4. The first-order valence-electron chi connectivity index (χ1n) is 25.3. The Balaban J connectivity index is 1.13. The highest BCUT2D eigenvalue weighted by molar-refractivity contribution is 7.25. The van der Waals surface area contributed by atoms with Crippen LogP contribution >= 0.6 is 0 Å². The van der Waals surface area contributed by atoms with E-state index >= 15 is 0 Å². The Morgan fingerprint density at radius 2 is 0.528 bits per heavy atom. The second-order valence-corrected chi connectivity index (χ2v) is 28.0. The van der Waals surface area contributed by atoms with Crippen LogP contribution in [0.15, 0.2) is 231 Å². The molecule has 8 heterocycles. The van der Waals surface area contributed by atoms with Crippen LogP contribution in [0, 0.1) is 0 Å². The number of aromatic nitrogens is 4. The highest BCUT2D eigenvalue weighted by atomic mass is 28.3. The second-order valence-electron chi connectivity index (χ2n) is 20.7. The maximum absolute atomic E-state index is 3.26. The van der Waals surface area contributed by atoms with Crippen molar-refractivity contribution >= 4 is 145 Å². The third-order valence-corrected chi connectivity index (χ3v) is 27.6. The fraction of sp³-hybridized carbons (Fsp3) is 0. The van der Waals surface area contributed by atoms with E-state index in [1.807, 2.05) is 0 Å². The first-order valence-corrected chi connectivity index (χ1v) is 29.3. The van der Waals surface area contributed by atoms with E-state index in [4.69, 9.17) is 0 Å². The van der Waals surface area contributed by atoms with E-state index < -0.39 is 16.1 Å². The van der Waals surface area contributed by atoms with Gasteiger partial charge in [0.2, 0.25) is 0 Å². The van der Waals surface area contributed by atoms with E-state index in [0.29, 0.717) is 0 Å². The van der Waals surface area contributed by atoms with Crippen LogP contribution in [0.2, 0.25) is 0 Å². The zero-order chi connectivity index (χ0) is 46.3. The van der Waals surface area contributed by atoms with E-state index in [-0.39, 0.29) is 0 Å². The average molecular weight is 943 g/mol. The van der Waals surface area contributed by atoms with Gasteiger partial charge in [-0.1, -0.05) is 176 Å². The summed E-state index contributed by atoms with van der Waals surface area (Å²) in [5, 5.41) is 22.2. The van der Waals surface area contributed by atoms with E-state index in [9.17, 15) is 0 Å². The third-order valence-electron chi connectivity index (χ3n) is 17.8. The molecule has 0 amide bonds. The van der Waals surface area contributed by atoms with Gasteiger partial charge < -0.3 is 18.3 Å². The molecule has 6 heteroatoms.